The number of anilines is 6. The summed E-state index contributed by atoms with van der Waals surface area (Å²) in [6, 6.07) is 27.6. The van der Waals surface area contributed by atoms with Crippen LogP contribution in [-0.2, 0) is 0 Å². The first-order valence-corrected chi connectivity index (χ1v) is 10.0. The minimum absolute atomic E-state index is 0.394. The zero-order valence-electron chi connectivity index (χ0n) is 17.2. The topological polar surface area (TPSA) is 88.3 Å². The van der Waals surface area contributed by atoms with E-state index in [1.165, 1.54) is 6.33 Å². The van der Waals surface area contributed by atoms with Crippen molar-refractivity contribution in [2.24, 2.45) is 0 Å². The van der Waals surface area contributed by atoms with Gasteiger partial charge in [-0.3, -0.25) is 10.4 Å². The second-order valence-electron chi connectivity index (χ2n) is 6.66. The molecule has 31 heavy (non-hydrogen) atoms. The molecule has 3 aromatic carbocycles. The van der Waals surface area contributed by atoms with Gasteiger partial charge in [-0.2, -0.15) is 0 Å². The van der Waals surface area contributed by atoms with Crippen molar-refractivity contribution in [1.82, 2.24) is 9.97 Å². The van der Waals surface area contributed by atoms with Crippen molar-refractivity contribution in [2.45, 2.75) is 6.92 Å². The molecule has 4 rings (SSSR count). The number of benzene rings is 3. The van der Waals surface area contributed by atoms with Crippen LogP contribution >= 0.6 is 0 Å². The number of para-hydroxylation sites is 4. The highest BCUT2D eigenvalue weighted by molar-refractivity contribution is 5.81. The van der Waals surface area contributed by atoms with Crippen molar-refractivity contribution >= 4 is 34.4 Å². The van der Waals surface area contributed by atoms with E-state index in [0.717, 1.165) is 22.8 Å². The van der Waals surface area contributed by atoms with Gasteiger partial charge in [0.1, 0.15) is 17.8 Å². The number of nitrogens with zero attached hydrogens (tertiary/aromatic N) is 3. The van der Waals surface area contributed by atoms with Crippen molar-refractivity contribution in [1.29, 1.82) is 0 Å². The van der Waals surface area contributed by atoms with E-state index in [0.29, 0.717) is 23.9 Å². The molecule has 0 aliphatic carbocycles. The van der Waals surface area contributed by atoms with Gasteiger partial charge >= 0.3 is 0 Å². The first-order valence-electron chi connectivity index (χ1n) is 10.0. The zero-order valence-corrected chi connectivity index (χ0v) is 17.2. The Bertz CT molecular complexity index is 1080. The highest BCUT2D eigenvalue weighted by Crippen LogP contribution is 2.33. The van der Waals surface area contributed by atoms with Crippen LogP contribution in [0.3, 0.4) is 0 Å². The van der Waals surface area contributed by atoms with Crippen molar-refractivity contribution in [3.63, 3.8) is 0 Å². The van der Waals surface area contributed by atoms with Gasteiger partial charge in [0.2, 0.25) is 0 Å². The van der Waals surface area contributed by atoms with Crippen LogP contribution in [0.4, 0.5) is 34.4 Å². The molecule has 4 aromatic rings. The van der Waals surface area contributed by atoms with Crippen LogP contribution in [0.2, 0.25) is 0 Å². The first-order chi connectivity index (χ1) is 15.3. The fraction of sp³-hybridized carbons (Fsp3) is 0.0833. The van der Waals surface area contributed by atoms with Crippen molar-refractivity contribution in [3.8, 4) is 5.75 Å². The molecule has 0 aliphatic heterocycles. The molecule has 1 aromatic heterocycles. The van der Waals surface area contributed by atoms with Crippen LogP contribution in [0.5, 0.6) is 5.75 Å². The van der Waals surface area contributed by atoms with Crippen molar-refractivity contribution < 1.29 is 4.74 Å². The molecule has 0 saturated carbocycles. The lowest BCUT2D eigenvalue weighted by molar-refractivity contribution is 0.342. The Balaban J connectivity index is 1.66. The fourth-order valence-corrected chi connectivity index (χ4v) is 3.10. The van der Waals surface area contributed by atoms with Crippen LogP contribution < -0.4 is 26.2 Å². The summed E-state index contributed by atoms with van der Waals surface area (Å²) < 4.78 is 5.69. The number of nitrogens with two attached hydrogens (primary N) is 1. The smallest absolute Gasteiger partial charge is 0.173 e. The lowest BCUT2D eigenvalue weighted by Crippen LogP contribution is -2.26. The number of nitrogen functional groups attached to an aromatic ring is 1. The second kappa shape index (κ2) is 9.49. The summed E-state index contributed by atoms with van der Waals surface area (Å²) in [7, 11) is 0. The number of ether oxygens (including phenoxy) is 1. The minimum atomic E-state index is 0.394. The van der Waals surface area contributed by atoms with Crippen LogP contribution in [0, 0.1) is 0 Å². The molecule has 7 nitrogen and oxygen atoms in total. The molecule has 0 bridgehead atoms. The standard InChI is InChI=1S/C24H24N6O/c1-2-31-21-16-10-9-15-20(21)28-23-22(25)24(27-17-26-23)29-30(18-11-5-3-6-12-18)19-13-7-4-8-14-19/h3-17H,2,25H2,1H3,(H2,26,27,28,29). The van der Waals surface area contributed by atoms with Crippen LogP contribution in [0.15, 0.2) is 91.3 Å². The van der Waals surface area contributed by atoms with E-state index in [4.69, 9.17) is 10.5 Å². The van der Waals surface area contributed by atoms with Crippen LogP contribution in [-0.4, -0.2) is 16.6 Å². The number of aromatic nitrogens is 2. The first kappa shape index (κ1) is 20.0. The molecule has 0 radical (unpaired) electrons. The molecule has 0 fully saturated rings. The third kappa shape index (κ3) is 4.67. The third-order valence-corrected chi connectivity index (χ3v) is 4.57. The Morgan fingerprint density at radius 3 is 2.03 bits per heavy atom. The average molecular weight is 412 g/mol. The van der Waals surface area contributed by atoms with E-state index in [9.17, 15) is 0 Å². The number of nitrogens with one attached hydrogen (secondary N) is 2. The van der Waals surface area contributed by atoms with Gasteiger partial charge in [-0.25, -0.2) is 9.97 Å². The van der Waals surface area contributed by atoms with E-state index in [1.54, 1.807) is 0 Å². The average Bonchev–Trinajstić information content (AvgIpc) is 2.82. The van der Waals surface area contributed by atoms with Gasteiger partial charge in [0.05, 0.1) is 23.7 Å². The summed E-state index contributed by atoms with van der Waals surface area (Å²) >= 11 is 0. The van der Waals surface area contributed by atoms with E-state index in [2.05, 4.69) is 20.7 Å². The van der Waals surface area contributed by atoms with Gasteiger partial charge in [0.15, 0.2) is 11.6 Å². The molecule has 0 atom stereocenters. The highest BCUT2D eigenvalue weighted by atomic mass is 16.5. The maximum absolute atomic E-state index is 6.44. The summed E-state index contributed by atoms with van der Waals surface area (Å²) in [6.07, 6.45) is 1.47. The Hall–Kier alpha value is -4.26. The number of rotatable bonds is 8. The molecule has 0 unspecified atom stereocenters. The second-order valence-corrected chi connectivity index (χ2v) is 6.66. The molecule has 156 valence electrons. The third-order valence-electron chi connectivity index (χ3n) is 4.57. The zero-order chi connectivity index (χ0) is 21.5. The van der Waals surface area contributed by atoms with Gasteiger partial charge in [0, 0.05) is 0 Å². The van der Waals surface area contributed by atoms with Crippen LogP contribution in [0.1, 0.15) is 6.92 Å². The van der Waals surface area contributed by atoms with E-state index in [1.807, 2.05) is 96.9 Å². The molecule has 0 spiro atoms. The van der Waals surface area contributed by atoms with E-state index in [-0.39, 0.29) is 0 Å². The maximum Gasteiger partial charge on any atom is 0.173 e. The van der Waals surface area contributed by atoms with E-state index >= 15 is 0 Å². The predicted octanol–water partition coefficient (Wildman–Crippen LogP) is 5.37. The van der Waals surface area contributed by atoms with Gasteiger partial charge in [0.25, 0.3) is 0 Å². The Morgan fingerprint density at radius 1 is 0.806 bits per heavy atom. The lowest BCUT2D eigenvalue weighted by Gasteiger charge is -2.27. The quantitative estimate of drug-likeness (QED) is 0.335. The SMILES string of the molecule is CCOc1ccccc1Nc1ncnc(NN(c2ccccc2)c2ccccc2)c1N. The minimum Gasteiger partial charge on any atom is -0.492 e. The molecule has 0 saturated heterocycles. The Labute approximate surface area is 181 Å². The summed E-state index contributed by atoms with van der Waals surface area (Å²) in [5.74, 6) is 1.71. The Morgan fingerprint density at radius 2 is 1.39 bits per heavy atom. The molecule has 0 aliphatic rings. The number of hydrogen-bond acceptors (Lipinski definition) is 7. The van der Waals surface area contributed by atoms with Crippen LogP contribution in [0.25, 0.3) is 0 Å². The highest BCUT2D eigenvalue weighted by Gasteiger charge is 2.15. The summed E-state index contributed by atoms with van der Waals surface area (Å²) in [4.78, 5) is 8.70. The van der Waals surface area contributed by atoms with Gasteiger partial charge in [-0.15, -0.1) is 0 Å². The molecule has 4 N–H and O–H groups in total. The summed E-state index contributed by atoms with van der Waals surface area (Å²) in [5, 5.41) is 5.19. The number of hydrogen-bond donors (Lipinski definition) is 3. The van der Waals surface area contributed by atoms with Gasteiger partial charge in [-0.05, 0) is 43.3 Å². The molecular formula is C24H24N6O. The summed E-state index contributed by atoms with van der Waals surface area (Å²) in [6.45, 7) is 2.51. The molecule has 7 heteroatoms. The normalized spacial score (nSPS) is 10.4. The lowest BCUT2D eigenvalue weighted by atomic mass is 10.2. The predicted molar refractivity (Wildman–Crippen MR) is 126 cm³/mol. The van der Waals surface area contributed by atoms with Gasteiger partial charge < -0.3 is 15.8 Å². The molecule has 0 amide bonds. The summed E-state index contributed by atoms with van der Waals surface area (Å²) in [5.41, 5.74) is 12.8. The Kier molecular flexibility index (Phi) is 6.13. The largest absolute Gasteiger partial charge is 0.492 e. The number of hydrazine groups is 1. The molecule has 1 heterocycles. The van der Waals surface area contributed by atoms with Gasteiger partial charge in [-0.1, -0.05) is 48.5 Å². The maximum atomic E-state index is 6.44. The monoisotopic (exact) mass is 412 g/mol. The fourth-order valence-electron chi connectivity index (χ4n) is 3.10. The molecular weight excluding hydrogens is 388 g/mol. The van der Waals surface area contributed by atoms with E-state index < -0.39 is 0 Å². The van der Waals surface area contributed by atoms with Crippen molar-refractivity contribution in [3.05, 3.63) is 91.3 Å². The van der Waals surface area contributed by atoms with Crippen molar-refractivity contribution in [2.75, 3.05) is 28.1 Å².